The van der Waals surface area contributed by atoms with Gasteiger partial charge >= 0.3 is 0 Å². The third-order valence-corrected chi connectivity index (χ3v) is 3.91. The van der Waals surface area contributed by atoms with Gasteiger partial charge in [0.25, 0.3) is 0 Å². The fourth-order valence-electron chi connectivity index (χ4n) is 2.71. The number of nitrogens with one attached hydrogen (secondary N) is 1. The highest BCUT2D eigenvalue weighted by Gasteiger charge is 2.12. The summed E-state index contributed by atoms with van der Waals surface area (Å²) >= 11 is 0. The first-order valence-electron chi connectivity index (χ1n) is 7.49. The maximum Gasteiger partial charge on any atom is 0.193 e. The van der Waals surface area contributed by atoms with Gasteiger partial charge in [0.1, 0.15) is 5.75 Å². The monoisotopic (exact) mass is 275 g/mol. The summed E-state index contributed by atoms with van der Waals surface area (Å²) in [6, 6.07) is 7.67. The number of benzene rings is 1. The summed E-state index contributed by atoms with van der Waals surface area (Å²) in [7, 11) is 1.66. The Kier molecular flexibility index (Phi) is 5.71. The molecule has 110 valence electrons. The van der Waals surface area contributed by atoms with E-state index in [4.69, 9.17) is 10.5 Å². The minimum atomic E-state index is 0.492. The smallest absolute Gasteiger partial charge is 0.193 e. The van der Waals surface area contributed by atoms with E-state index in [1.807, 2.05) is 24.3 Å². The van der Waals surface area contributed by atoms with Crippen LogP contribution in [0.25, 0.3) is 0 Å². The van der Waals surface area contributed by atoms with E-state index in [1.165, 1.54) is 32.1 Å². The van der Waals surface area contributed by atoms with Gasteiger partial charge in [-0.1, -0.05) is 32.1 Å². The molecule has 4 nitrogen and oxygen atoms in total. The molecule has 1 fully saturated rings. The van der Waals surface area contributed by atoms with Crippen molar-refractivity contribution in [1.82, 2.24) is 0 Å². The van der Waals surface area contributed by atoms with Gasteiger partial charge in [-0.2, -0.15) is 0 Å². The van der Waals surface area contributed by atoms with Crippen molar-refractivity contribution < 1.29 is 4.74 Å². The van der Waals surface area contributed by atoms with Crippen molar-refractivity contribution in [2.75, 3.05) is 19.0 Å². The van der Waals surface area contributed by atoms with Crippen LogP contribution in [0.1, 0.15) is 38.5 Å². The molecular weight excluding hydrogens is 250 g/mol. The quantitative estimate of drug-likeness (QED) is 0.639. The van der Waals surface area contributed by atoms with E-state index in [9.17, 15) is 0 Å². The van der Waals surface area contributed by atoms with Crippen molar-refractivity contribution in [3.8, 4) is 5.75 Å². The molecule has 0 amide bonds. The van der Waals surface area contributed by atoms with Gasteiger partial charge in [-0.05, 0) is 36.6 Å². The maximum absolute atomic E-state index is 5.90. The largest absolute Gasteiger partial charge is 0.497 e. The lowest BCUT2D eigenvalue weighted by atomic mass is 9.87. The van der Waals surface area contributed by atoms with E-state index < -0.39 is 0 Å². The molecule has 1 aliphatic carbocycles. The zero-order chi connectivity index (χ0) is 14.2. The molecule has 0 heterocycles. The first-order valence-corrected chi connectivity index (χ1v) is 7.49. The molecule has 20 heavy (non-hydrogen) atoms. The summed E-state index contributed by atoms with van der Waals surface area (Å²) in [5.41, 5.74) is 6.83. The van der Waals surface area contributed by atoms with Crippen LogP contribution in [0.2, 0.25) is 0 Å². The fraction of sp³-hybridized carbons (Fsp3) is 0.562. The number of anilines is 1. The predicted molar refractivity (Wildman–Crippen MR) is 84.3 cm³/mol. The second-order valence-electron chi connectivity index (χ2n) is 5.41. The van der Waals surface area contributed by atoms with Crippen molar-refractivity contribution in [3.63, 3.8) is 0 Å². The lowest BCUT2D eigenvalue weighted by Gasteiger charge is -2.20. The number of nitrogens with zero attached hydrogens (tertiary/aromatic N) is 1. The number of ether oxygens (including phenoxy) is 1. The molecule has 0 radical (unpaired) electrons. The van der Waals surface area contributed by atoms with E-state index in [1.54, 1.807) is 7.11 Å². The highest BCUT2D eigenvalue weighted by Crippen LogP contribution is 2.26. The van der Waals surface area contributed by atoms with Crippen LogP contribution in [0.5, 0.6) is 5.75 Å². The third kappa shape index (κ3) is 4.76. The number of aliphatic imine (C=N–C) groups is 1. The van der Waals surface area contributed by atoms with Crippen LogP contribution in [-0.4, -0.2) is 19.6 Å². The van der Waals surface area contributed by atoms with Crippen LogP contribution in [0.3, 0.4) is 0 Å². The van der Waals surface area contributed by atoms with Gasteiger partial charge in [0.2, 0.25) is 0 Å². The van der Waals surface area contributed by atoms with Crippen LogP contribution < -0.4 is 15.8 Å². The van der Waals surface area contributed by atoms with Gasteiger partial charge in [0, 0.05) is 12.2 Å². The normalized spacial score (nSPS) is 16.9. The second-order valence-corrected chi connectivity index (χ2v) is 5.41. The van der Waals surface area contributed by atoms with E-state index in [-0.39, 0.29) is 0 Å². The molecule has 0 unspecified atom stereocenters. The number of nitrogens with two attached hydrogens (primary N) is 1. The second kappa shape index (κ2) is 7.78. The molecule has 1 aromatic rings. The van der Waals surface area contributed by atoms with Crippen LogP contribution >= 0.6 is 0 Å². The molecule has 0 aromatic heterocycles. The molecular formula is C16H25N3O. The fourth-order valence-corrected chi connectivity index (χ4v) is 2.71. The number of hydrogen-bond donors (Lipinski definition) is 2. The highest BCUT2D eigenvalue weighted by atomic mass is 16.5. The zero-order valence-electron chi connectivity index (χ0n) is 12.3. The van der Waals surface area contributed by atoms with Crippen molar-refractivity contribution in [2.45, 2.75) is 38.5 Å². The Morgan fingerprint density at radius 2 is 1.95 bits per heavy atom. The van der Waals surface area contributed by atoms with Crippen molar-refractivity contribution in [2.24, 2.45) is 16.6 Å². The van der Waals surface area contributed by atoms with Gasteiger partial charge in [-0.25, -0.2) is 0 Å². The Morgan fingerprint density at radius 3 is 2.60 bits per heavy atom. The molecule has 4 heteroatoms. The van der Waals surface area contributed by atoms with Gasteiger partial charge in [-0.15, -0.1) is 0 Å². The van der Waals surface area contributed by atoms with E-state index >= 15 is 0 Å². The van der Waals surface area contributed by atoms with Crippen LogP contribution in [0.15, 0.2) is 29.3 Å². The van der Waals surface area contributed by atoms with E-state index in [0.717, 1.165) is 30.3 Å². The Balaban J connectivity index is 1.74. The van der Waals surface area contributed by atoms with Gasteiger partial charge in [0.15, 0.2) is 5.96 Å². The molecule has 1 saturated carbocycles. The molecule has 0 spiro atoms. The number of methoxy groups -OCH3 is 1. The molecule has 1 aliphatic rings. The summed E-state index contributed by atoms with van der Waals surface area (Å²) in [6.07, 6.45) is 8.05. The minimum absolute atomic E-state index is 0.492. The minimum Gasteiger partial charge on any atom is -0.497 e. The van der Waals surface area contributed by atoms with E-state index in [2.05, 4.69) is 10.3 Å². The number of hydrogen-bond acceptors (Lipinski definition) is 2. The van der Waals surface area contributed by atoms with Crippen molar-refractivity contribution in [3.05, 3.63) is 24.3 Å². The van der Waals surface area contributed by atoms with Gasteiger partial charge in [0.05, 0.1) is 7.11 Å². The third-order valence-electron chi connectivity index (χ3n) is 3.91. The maximum atomic E-state index is 5.90. The summed E-state index contributed by atoms with van der Waals surface area (Å²) in [4.78, 5) is 4.41. The molecule has 1 aromatic carbocycles. The Morgan fingerprint density at radius 1 is 1.25 bits per heavy atom. The molecule has 0 saturated heterocycles. The standard InChI is InChI=1S/C16H25N3O/c1-20-15-9-7-14(8-10-15)19-16(17)18-12-11-13-5-3-2-4-6-13/h7-10,13H,2-6,11-12H2,1H3,(H3,17,18,19). The van der Waals surface area contributed by atoms with Gasteiger partial charge < -0.3 is 15.8 Å². The number of rotatable bonds is 5. The van der Waals surface area contributed by atoms with Crippen molar-refractivity contribution >= 4 is 11.6 Å². The Labute approximate surface area is 121 Å². The van der Waals surface area contributed by atoms with E-state index in [0.29, 0.717) is 5.96 Å². The van der Waals surface area contributed by atoms with Crippen LogP contribution in [-0.2, 0) is 0 Å². The Bertz CT molecular complexity index is 422. The lowest BCUT2D eigenvalue weighted by Crippen LogP contribution is -2.23. The molecule has 0 atom stereocenters. The van der Waals surface area contributed by atoms with Crippen LogP contribution in [0.4, 0.5) is 5.69 Å². The summed E-state index contributed by atoms with van der Waals surface area (Å²) in [5.74, 6) is 2.18. The predicted octanol–water partition coefficient (Wildman–Crippen LogP) is 3.39. The highest BCUT2D eigenvalue weighted by molar-refractivity contribution is 5.92. The molecule has 0 bridgehead atoms. The average Bonchev–Trinajstić information content (AvgIpc) is 2.49. The average molecular weight is 275 g/mol. The molecule has 0 aliphatic heterocycles. The zero-order valence-corrected chi connectivity index (χ0v) is 12.3. The van der Waals surface area contributed by atoms with Gasteiger partial charge in [-0.3, -0.25) is 4.99 Å². The molecule has 2 rings (SSSR count). The first-order chi connectivity index (χ1) is 9.78. The topological polar surface area (TPSA) is 59.6 Å². The summed E-state index contributed by atoms with van der Waals surface area (Å²) in [6.45, 7) is 0.819. The SMILES string of the molecule is COc1ccc(NC(N)=NCCC2CCCCC2)cc1. The lowest BCUT2D eigenvalue weighted by molar-refractivity contribution is 0.343. The summed E-state index contributed by atoms with van der Waals surface area (Å²) < 4.78 is 5.12. The van der Waals surface area contributed by atoms with Crippen LogP contribution in [0, 0.1) is 5.92 Å². The molecule has 3 N–H and O–H groups in total. The van der Waals surface area contributed by atoms with Crippen molar-refractivity contribution in [1.29, 1.82) is 0 Å². The number of guanidine groups is 1. The Hall–Kier alpha value is -1.71. The first kappa shape index (κ1) is 14.7. The summed E-state index contributed by atoms with van der Waals surface area (Å²) in [5, 5.41) is 3.10.